The molecule has 2 unspecified atom stereocenters. The number of amides is 3. The first-order chi connectivity index (χ1) is 14.5. The van der Waals surface area contributed by atoms with Gasteiger partial charge in [0.05, 0.1) is 11.9 Å². The molecule has 3 aliphatic rings. The number of nitrogens with two attached hydrogens (primary N) is 1. The maximum Gasteiger partial charge on any atom is 0.246 e. The van der Waals surface area contributed by atoms with Gasteiger partial charge in [0.1, 0.15) is 12.1 Å². The van der Waals surface area contributed by atoms with Crippen LogP contribution in [0.3, 0.4) is 0 Å². The molecule has 30 heavy (non-hydrogen) atoms. The van der Waals surface area contributed by atoms with E-state index in [1.807, 2.05) is 0 Å². The quantitative estimate of drug-likeness (QED) is 0.637. The topological polar surface area (TPSA) is 105 Å². The minimum atomic E-state index is -0.605. The van der Waals surface area contributed by atoms with Crippen molar-refractivity contribution in [3.8, 4) is 0 Å². The summed E-state index contributed by atoms with van der Waals surface area (Å²) in [6.45, 7) is 0.156. The van der Waals surface area contributed by atoms with Crippen LogP contribution in [0.25, 0.3) is 0 Å². The fourth-order valence-corrected chi connectivity index (χ4v) is 6.74. The van der Waals surface area contributed by atoms with E-state index >= 15 is 0 Å². The monoisotopic (exact) mass is 430 g/mol. The number of nitrogens with zero attached hydrogens (tertiary/aromatic N) is 1. The Bertz CT molecular complexity index is 832. The Hall–Kier alpha value is -2.06. The molecule has 0 saturated carbocycles. The highest BCUT2D eigenvalue weighted by Crippen LogP contribution is 2.45. The van der Waals surface area contributed by atoms with E-state index in [0.717, 1.165) is 31.4 Å². The largest absolute Gasteiger partial charge is 0.368 e. The summed E-state index contributed by atoms with van der Waals surface area (Å²) in [5, 5.41) is 5.58. The molecule has 2 heterocycles. The molecular weight excluding hydrogens is 400 g/mol. The third-order valence-electron chi connectivity index (χ3n) is 6.71. The van der Waals surface area contributed by atoms with Crippen LogP contribution in [-0.4, -0.2) is 59.4 Å². The van der Waals surface area contributed by atoms with Gasteiger partial charge in [-0.05, 0) is 67.9 Å². The number of thioether (sulfide) groups is 1. The zero-order valence-corrected chi connectivity index (χ0v) is 18.1. The van der Waals surface area contributed by atoms with Crippen LogP contribution in [0.5, 0.6) is 0 Å². The minimum absolute atomic E-state index is 0.0524. The summed E-state index contributed by atoms with van der Waals surface area (Å²) in [4.78, 5) is 39.7. The molecule has 7 nitrogen and oxygen atoms in total. The molecule has 1 aliphatic carbocycles. The molecule has 162 valence electrons. The van der Waals surface area contributed by atoms with Crippen molar-refractivity contribution in [2.45, 2.75) is 49.6 Å². The van der Waals surface area contributed by atoms with Crippen LogP contribution in [0.4, 0.5) is 0 Å². The number of hydrogen-bond donors (Lipinski definition) is 3. The van der Waals surface area contributed by atoms with Gasteiger partial charge in [-0.25, -0.2) is 0 Å². The maximum absolute atomic E-state index is 13.4. The predicted octanol–water partition coefficient (Wildman–Crippen LogP) is 0.661. The standard InChI is InChI=1S/C22H30N4O3S/c1-24-12-18(27)25-17-8-9-30-19-11-16(20(21(23)28)26(19)22(17)29)15-7-6-13-4-2-3-5-14(13)10-15/h2-5,15-17,19-20,24H,6-12H2,1H3,(H2,23,28)(H,25,27)/t15?,16?,17-,19-,20+/m0/s1. The van der Waals surface area contributed by atoms with E-state index in [0.29, 0.717) is 12.3 Å². The fraction of sp³-hybridized carbons (Fsp3) is 0.591. The van der Waals surface area contributed by atoms with Crippen molar-refractivity contribution in [3.63, 3.8) is 0 Å². The van der Waals surface area contributed by atoms with Crippen LogP contribution in [0.15, 0.2) is 24.3 Å². The maximum atomic E-state index is 13.4. The average Bonchev–Trinajstić information content (AvgIpc) is 3.05. The van der Waals surface area contributed by atoms with Crippen LogP contribution in [0, 0.1) is 11.8 Å². The molecule has 0 aromatic heterocycles. The lowest BCUT2D eigenvalue weighted by atomic mass is 9.74. The lowest BCUT2D eigenvalue weighted by Crippen LogP contribution is -2.56. The summed E-state index contributed by atoms with van der Waals surface area (Å²) < 4.78 is 0. The molecule has 2 saturated heterocycles. The van der Waals surface area contributed by atoms with Gasteiger partial charge < -0.3 is 21.3 Å². The highest BCUT2D eigenvalue weighted by Gasteiger charge is 2.52. The van der Waals surface area contributed by atoms with Gasteiger partial charge in [-0.2, -0.15) is 0 Å². The van der Waals surface area contributed by atoms with E-state index in [4.69, 9.17) is 5.73 Å². The molecule has 0 radical (unpaired) electrons. The Labute approximate surface area is 181 Å². The molecule has 2 fully saturated rings. The van der Waals surface area contributed by atoms with Gasteiger partial charge in [-0.3, -0.25) is 14.4 Å². The average molecular weight is 431 g/mol. The second kappa shape index (κ2) is 8.98. The molecule has 1 aromatic carbocycles. The van der Waals surface area contributed by atoms with Crippen molar-refractivity contribution >= 4 is 29.5 Å². The number of nitrogens with one attached hydrogen (secondary N) is 2. The van der Waals surface area contributed by atoms with Crippen molar-refractivity contribution < 1.29 is 14.4 Å². The van der Waals surface area contributed by atoms with Gasteiger partial charge in [0, 0.05) is 0 Å². The van der Waals surface area contributed by atoms with Crippen molar-refractivity contribution in [1.29, 1.82) is 0 Å². The molecule has 0 bridgehead atoms. The smallest absolute Gasteiger partial charge is 0.246 e. The zero-order chi connectivity index (χ0) is 21.3. The van der Waals surface area contributed by atoms with Crippen LogP contribution >= 0.6 is 11.8 Å². The summed E-state index contributed by atoms with van der Waals surface area (Å²) in [5.41, 5.74) is 8.59. The molecule has 4 N–H and O–H groups in total. The molecule has 3 amide bonds. The second-order valence-electron chi connectivity index (χ2n) is 8.53. The number of fused-ring (bicyclic) bond motifs is 2. The summed E-state index contributed by atoms with van der Waals surface area (Å²) >= 11 is 1.71. The number of benzene rings is 1. The van der Waals surface area contributed by atoms with Crippen molar-refractivity contribution in [2.75, 3.05) is 19.3 Å². The first-order valence-corrected chi connectivity index (χ1v) is 11.8. The highest BCUT2D eigenvalue weighted by atomic mass is 32.2. The second-order valence-corrected chi connectivity index (χ2v) is 9.81. The van der Waals surface area contributed by atoms with Crippen molar-refractivity contribution in [1.82, 2.24) is 15.5 Å². The number of rotatable bonds is 5. The lowest BCUT2D eigenvalue weighted by molar-refractivity contribution is -0.142. The fourth-order valence-electron chi connectivity index (χ4n) is 5.34. The van der Waals surface area contributed by atoms with Crippen molar-refractivity contribution in [2.24, 2.45) is 17.6 Å². The third kappa shape index (κ3) is 4.07. The first-order valence-electron chi connectivity index (χ1n) is 10.7. The number of primary amides is 1. The van der Waals surface area contributed by atoms with Gasteiger partial charge in [-0.1, -0.05) is 24.3 Å². The highest BCUT2D eigenvalue weighted by molar-refractivity contribution is 7.99. The predicted molar refractivity (Wildman–Crippen MR) is 117 cm³/mol. The van der Waals surface area contributed by atoms with Crippen molar-refractivity contribution in [3.05, 3.63) is 35.4 Å². The van der Waals surface area contributed by atoms with E-state index in [-0.39, 0.29) is 29.7 Å². The van der Waals surface area contributed by atoms with Gasteiger partial charge in [0.15, 0.2) is 0 Å². The van der Waals surface area contributed by atoms with E-state index in [1.54, 1.807) is 23.7 Å². The van der Waals surface area contributed by atoms with Gasteiger partial charge in [0.25, 0.3) is 0 Å². The Morgan fingerprint density at radius 1 is 1.23 bits per heavy atom. The van der Waals surface area contributed by atoms with Crippen LogP contribution in [0.1, 0.15) is 30.4 Å². The molecule has 8 heteroatoms. The zero-order valence-electron chi connectivity index (χ0n) is 17.3. The summed E-state index contributed by atoms with van der Waals surface area (Å²) in [6.07, 6.45) is 4.28. The third-order valence-corrected chi connectivity index (χ3v) is 7.99. The molecule has 1 aromatic rings. The van der Waals surface area contributed by atoms with E-state index in [2.05, 4.69) is 34.9 Å². The summed E-state index contributed by atoms with van der Waals surface area (Å²) in [5.74, 6) is 0.339. The Kier molecular flexibility index (Phi) is 6.34. The Balaban J connectivity index is 1.55. The first kappa shape index (κ1) is 21.2. The summed E-state index contributed by atoms with van der Waals surface area (Å²) in [6, 6.07) is 7.27. The van der Waals surface area contributed by atoms with E-state index < -0.39 is 18.0 Å². The summed E-state index contributed by atoms with van der Waals surface area (Å²) in [7, 11) is 1.69. The van der Waals surface area contributed by atoms with Gasteiger partial charge in [0.2, 0.25) is 17.7 Å². The molecule has 5 atom stereocenters. The van der Waals surface area contributed by atoms with Gasteiger partial charge >= 0.3 is 0 Å². The lowest BCUT2D eigenvalue weighted by Gasteiger charge is -2.34. The van der Waals surface area contributed by atoms with Crippen LogP contribution < -0.4 is 16.4 Å². The molecule has 0 spiro atoms. The van der Waals surface area contributed by atoms with E-state index in [1.165, 1.54) is 11.1 Å². The SMILES string of the molecule is CNCC(=O)N[C@H]1CCS[C@H]2CC(C3CCc4ccccc4C3)[C@H](C(N)=O)N2C1=O. The molecule has 4 rings (SSSR count). The number of hydrogen-bond acceptors (Lipinski definition) is 5. The number of carbonyl (C=O) groups excluding carboxylic acids is 3. The van der Waals surface area contributed by atoms with Crippen LogP contribution in [0.2, 0.25) is 0 Å². The normalized spacial score (nSPS) is 30.9. The van der Waals surface area contributed by atoms with Crippen LogP contribution in [-0.2, 0) is 27.2 Å². The van der Waals surface area contributed by atoms with Gasteiger partial charge in [-0.15, -0.1) is 11.8 Å². The molecule has 2 aliphatic heterocycles. The number of likely N-dealkylation sites (N-methyl/N-ethyl adjacent to an activating group) is 1. The Morgan fingerprint density at radius 3 is 2.73 bits per heavy atom. The minimum Gasteiger partial charge on any atom is -0.368 e. The Morgan fingerprint density at radius 2 is 2.00 bits per heavy atom. The number of carbonyl (C=O) groups is 3. The molecular formula is C22H30N4O3S. The van der Waals surface area contributed by atoms with E-state index in [9.17, 15) is 14.4 Å². The number of aryl methyl sites for hydroxylation is 1.